The zero-order valence-electron chi connectivity index (χ0n) is 15.4. The SMILES string of the molecule is Cc1ccccc1[C@@H]1CCN(C(=O)/C=C/c2ccc3c(c2)OCO3)CCS1. The number of rotatable bonds is 3. The molecule has 4 nitrogen and oxygen atoms in total. The molecule has 0 bridgehead atoms. The highest BCUT2D eigenvalue weighted by Crippen LogP contribution is 2.36. The van der Waals surface area contributed by atoms with Gasteiger partial charge >= 0.3 is 0 Å². The zero-order valence-corrected chi connectivity index (χ0v) is 16.2. The van der Waals surface area contributed by atoms with Crippen molar-refractivity contribution >= 4 is 23.7 Å². The summed E-state index contributed by atoms with van der Waals surface area (Å²) in [6.45, 7) is 4.00. The van der Waals surface area contributed by atoms with E-state index in [1.165, 1.54) is 11.1 Å². The Morgan fingerprint density at radius 2 is 2.00 bits per heavy atom. The predicted molar refractivity (Wildman–Crippen MR) is 109 cm³/mol. The van der Waals surface area contributed by atoms with E-state index in [-0.39, 0.29) is 12.7 Å². The minimum Gasteiger partial charge on any atom is -0.454 e. The summed E-state index contributed by atoms with van der Waals surface area (Å²) in [6, 6.07) is 14.3. The number of aryl methyl sites for hydroxylation is 1. The summed E-state index contributed by atoms with van der Waals surface area (Å²) in [4.78, 5) is 14.6. The molecule has 0 saturated carbocycles. The topological polar surface area (TPSA) is 38.8 Å². The third-order valence-corrected chi connectivity index (χ3v) is 6.31. The molecule has 0 aliphatic carbocycles. The summed E-state index contributed by atoms with van der Waals surface area (Å²) in [5, 5.41) is 0.460. The third-order valence-electron chi connectivity index (χ3n) is 5.00. The summed E-state index contributed by atoms with van der Waals surface area (Å²) >= 11 is 1.95. The Hall–Kier alpha value is -2.40. The summed E-state index contributed by atoms with van der Waals surface area (Å²) in [5.74, 6) is 2.52. The van der Waals surface area contributed by atoms with E-state index >= 15 is 0 Å². The van der Waals surface area contributed by atoms with Gasteiger partial charge in [-0.2, -0.15) is 11.8 Å². The molecule has 2 aliphatic rings. The monoisotopic (exact) mass is 381 g/mol. The molecule has 1 fully saturated rings. The van der Waals surface area contributed by atoms with Crippen molar-refractivity contribution in [2.45, 2.75) is 18.6 Å². The lowest BCUT2D eigenvalue weighted by Crippen LogP contribution is -2.31. The molecule has 0 unspecified atom stereocenters. The predicted octanol–water partition coefficient (Wildman–Crippen LogP) is 4.44. The van der Waals surface area contributed by atoms with Crippen LogP contribution in [-0.4, -0.2) is 36.4 Å². The molecule has 0 radical (unpaired) electrons. The molecular weight excluding hydrogens is 358 g/mol. The Morgan fingerprint density at radius 1 is 1.15 bits per heavy atom. The molecule has 140 valence electrons. The molecule has 2 aromatic rings. The van der Waals surface area contributed by atoms with Crippen LogP contribution in [0, 0.1) is 6.92 Å². The molecular formula is C22H23NO3S. The Bertz CT molecular complexity index is 864. The van der Waals surface area contributed by atoms with Crippen molar-refractivity contribution < 1.29 is 14.3 Å². The average molecular weight is 381 g/mol. The lowest BCUT2D eigenvalue weighted by molar-refractivity contribution is -0.125. The first-order valence-corrected chi connectivity index (χ1v) is 10.3. The van der Waals surface area contributed by atoms with Crippen molar-refractivity contribution in [2.24, 2.45) is 0 Å². The second-order valence-electron chi connectivity index (χ2n) is 6.78. The van der Waals surface area contributed by atoms with E-state index in [4.69, 9.17) is 9.47 Å². The molecule has 2 heterocycles. The minimum absolute atomic E-state index is 0.0682. The highest BCUT2D eigenvalue weighted by atomic mass is 32.2. The van der Waals surface area contributed by atoms with Gasteiger partial charge in [0.15, 0.2) is 11.5 Å². The maximum absolute atomic E-state index is 12.6. The lowest BCUT2D eigenvalue weighted by atomic mass is 10.0. The van der Waals surface area contributed by atoms with Gasteiger partial charge in [0.2, 0.25) is 12.7 Å². The Morgan fingerprint density at radius 3 is 2.89 bits per heavy atom. The van der Waals surface area contributed by atoms with E-state index in [9.17, 15) is 4.79 Å². The molecule has 1 amide bonds. The van der Waals surface area contributed by atoms with Crippen LogP contribution in [-0.2, 0) is 4.79 Å². The van der Waals surface area contributed by atoms with Crippen LogP contribution < -0.4 is 9.47 Å². The summed E-state index contributed by atoms with van der Waals surface area (Å²) in [7, 11) is 0. The standard InChI is InChI=1S/C22H23NO3S/c1-16-4-2-3-5-18(16)21-10-11-23(12-13-27-21)22(24)9-7-17-6-8-19-20(14-17)26-15-25-19/h2-9,14,21H,10-13,15H2,1H3/b9-7+/t21-/m0/s1. The van der Waals surface area contributed by atoms with Crippen LogP contribution >= 0.6 is 11.8 Å². The van der Waals surface area contributed by atoms with Crippen molar-refractivity contribution in [1.82, 2.24) is 4.90 Å². The van der Waals surface area contributed by atoms with Crippen molar-refractivity contribution in [3.63, 3.8) is 0 Å². The number of ether oxygens (including phenoxy) is 2. The van der Waals surface area contributed by atoms with Crippen LogP contribution in [0.15, 0.2) is 48.5 Å². The van der Waals surface area contributed by atoms with Crippen LogP contribution in [0.1, 0.15) is 28.4 Å². The van der Waals surface area contributed by atoms with Crippen molar-refractivity contribution in [3.05, 3.63) is 65.2 Å². The van der Waals surface area contributed by atoms with Crippen molar-refractivity contribution in [1.29, 1.82) is 0 Å². The lowest BCUT2D eigenvalue weighted by Gasteiger charge is -2.19. The molecule has 5 heteroatoms. The first-order valence-electron chi connectivity index (χ1n) is 9.24. The smallest absolute Gasteiger partial charge is 0.246 e. The largest absolute Gasteiger partial charge is 0.454 e. The molecule has 0 spiro atoms. The zero-order chi connectivity index (χ0) is 18.6. The molecule has 1 saturated heterocycles. The van der Waals surface area contributed by atoms with Gasteiger partial charge in [-0.05, 0) is 48.2 Å². The summed E-state index contributed by atoms with van der Waals surface area (Å²) in [6.07, 6.45) is 4.50. The molecule has 1 atom stereocenters. The fraction of sp³-hybridized carbons (Fsp3) is 0.318. The van der Waals surface area contributed by atoms with Crippen LogP contribution in [0.4, 0.5) is 0 Å². The van der Waals surface area contributed by atoms with Crippen LogP contribution in [0.3, 0.4) is 0 Å². The quantitative estimate of drug-likeness (QED) is 0.737. The first-order chi connectivity index (χ1) is 13.2. The van der Waals surface area contributed by atoms with Crippen molar-refractivity contribution in [3.8, 4) is 11.5 Å². The number of nitrogens with zero attached hydrogens (tertiary/aromatic N) is 1. The summed E-state index contributed by atoms with van der Waals surface area (Å²) in [5.41, 5.74) is 3.67. The number of fused-ring (bicyclic) bond motifs is 1. The fourth-order valence-electron chi connectivity index (χ4n) is 3.48. The molecule has 2 aliphatic heterocycles. The third kappa shape index (κ3) is 4.14. The Balaban J connectivity index is 1.39. The van der Waals surface area contributed by atoms with Gasteiger partial charge < -0.3 is 14.4 Å². The van der Waals surface area contributed by atoms with E-state index in [2.05, 4.69) is 31.2 Å². The number of hydrogen-bond acceptors (Lipinski definition) is 4. The van der Waals surface area contributed by atoms with Gasteiger partial charge in [0.25, 0.3) is 0 Å². The number of amides is 1. The molecule has 27 heavy (non-hydrogen) atoms. The molecule has 0 aromatic heterocycles. The second-order valence-corrected chi connectivity index (χ2v) is 8.09. The fourth-order valence-corrected chi connectivity index (χ4v) is 4.80. The minimum atomic E-state index is 0.0682. The van der Waals surface area contributed by atoms with E-state index in [1.54, 1.807) is 6.08 Å². The maximum atomic E-state index is 12.6. The van der Waals surface area contributed by atoms with Gasteiger partial charge in [0, 0.05) is 30.2 Å². The van der Waals surface area contributed by atoms with Gasteiger partial charge in [-0.25, -0.2) is 0 Å². The molecule has 0 N–H and O–H groups in total. The van der Waals surface area contributed by atoms with E-state index in [0.717, 1.165) is 42.3 Å². The van der Waals surface area contributed by atoms with E-state index in [0.29, 0.717) is 5.25 Å². The van der Waals surface area contributed by atoms with Gasteiger partial charge in [0.1, 0.15) is 0 Å². The normalized spacial score (nSPS) is 19.3. The molecule has 4 rings (SSSR count). The van der Waals surface area contributed by atoms with Gasteiger partial charge in [0.05, 0.1) is 0 Å². The summed E-state index contributed by atoms with van der Waals surface area (Å²) < 4.78 is 10.7. The Labute approximate surface area is 164 Å². The van der Waals surface area contributed by atoms with Crippen LogP contribution in [0.25, 0.3) is 6.08 Å². The highest BCUT2D eigenvalue weighted by molar-refractivity contribution is 7.99. The Kier molecular flexibility index (Phi) is 5.39. The van der Waals surface area contributed by atoms with Gasteiger partial charge in [-0.15, -0.1) is 0 Å². The molecule has 2 aromatic carbocycles. The number of carbonyl (C=O) groups excluding carboxylic acids is 1. The number of benzene rings is 2. The average Bonchev–Trinajstić information content (AvgIpc) is 3.01. The van der Waals surface area contributed by atoms with Gasteiger partial charge in [-0.3, -0.25) is 4.79 Å². The maximum Gasteiger partial charge on any atom is 0.246 e. The van der Waals surface area contributed by atoms with Crippen LogP contribution in [0.2, 0.25) is 0 Å². The van der Waals surface area contributed by atoms with Crippen molar-refractivity contribution in [2.75, 3.05) is 25.6 Å². The number of hydrogen-bond donors (Lipinski definition) is 0. The van der Waals surface area contributed by atoms with E-state index < -0.39 is 0 Å². The first kappa shape index (κ1) is 18.0. The highest BCUT2D eigenvalue weighted by Gasteiger charge is 2.22. The number of thioether (sulfide) groups is 1. The van der Waals surface area contributed by atoms with E-state index in [1.807, 2.05) is 40.9 Å². The second kappa shape index (κ2) is 8.09. The van der Waals surface area contributed by atoms with Gasteiger partial charge in [-0.1, -0.05) is 30.3 Å². The number of carbonyl (C=O) groups is 1. The van der Waals surface area contributed by atoms with Crippen LogP contribution in [0.5, 0.6) is 11.5 Å².